The molecule has 0 N–H and O–H groups in total. The molecule has 5 nitrogen and oxygen atoms in total. The van der Waals surface area contributed by atoms with Gasteiger partial charge in [-0.25, -0.2) is 19.9 Å². The van der Waals surface area contributed by atoms with Gasteiger partial charge < -0.3 is 4.90 Å². The second-order valence-electron chi connectivity index (χ2n) is 12.0. The van der Waals surface area contributed by atoms with Crippen LogP contribution in [0.25, 0.3) is 45.6 Å². The van der Waals surface area contributed by atoms with E-state index in [9.17, 15) is 0 Å². The van der Waals surface area contributed by atoms with Gasteiger partial charge in [0.05, 0.1) is 17.1 Å². The van der Waals surface area contributed by atoms with Gasteiger partial charge in [-0.05, 0) is 59.7 Å². The molecule has 3 heterocycles. The summed E-state index contributed by atoms with van der Waals surface area (Å²) >= 11 is 0. The second-order valence-corrected chi connectivity index (χ2v) is 12.0. The molecule has 0 fully saturated rings. The summed E-state index contributed by atoms with van der Waals surface area (Å²) in [5, 5.41) is 0. The Balaban J connectivity index is 1.23. The van der Waals surface area contributed by atoms with Crippen molar-refractivity contribution in [2.75, 3.05) is 4.90 Å². The molecule has 0 amide bonds. The summed E-state index contributed by atoms with van der Waals surface area (Å²) in [6.07, 6.45) is 0. The molecular formula is C41H31N5. The fourth-order valence-electron chi connectivity index (χ4n) is 6.37. The predicted molar refractivity (Wildman–Crippen MR) is 186 cm³/mol. The second kappa shape index (κ2) is 11.2. The molecule has 5 heteroatoms. The summed E-state index contributed by atoms with van der Waals surface area (Å²) in [7, 11) is 0. The van der Waals surface area contributed by atoms with Crippen LogP contribution < -0.4 is 4.90 Å². The number of nitrogens with zero attached hydrogens (tertiary/aromatic N) is 5. The van der Waals surface area contributed by atoms with Crippen LogP contribution in [-0.4, -0.2) is 19.9 Å². The number of rotatable bonds is 5. The highest BCUT2D eigenvalue weighted by Gasteiger charge is 2.36. The minimum absolute atomic E-state index is 0.107. The third-order valence-electron chi connectivity index (χ3n) is 8.74. The molecular weight excluding hydrogens is 562 g/mol. The van der Waals surface area contributed by atoms with E-state index in [4.69, 9.17) is 19.9 Å². The minimum Gasteiger partial charge on any atom is -0.310 e. The van der Waals surface area contributed by atoms with Crippen molar-refractivity contribution in [3.05, 3.63) is 163 Å². The summed E-state index contributed by atoms with van der Waals surface area (Å²) in [5.41, 5.74) is 10.4. The monoisotopic (exact) mass is 593 g/mol. The van der Waals surface area contributed by atoms with E-state index >= 15 is 0 Å². The molecule has 7 aromatic rings. The van der Waals surface area contributed by atoms with Crippen LogP contribution in [0.4, 0.5) is 17.1 Å². The highest BCUT2D eigenvalue weighted by Crippen LogP contribution is 2.51. The van der Waals surface area contributed by atoms with Gasteiger partial charge in [-0.1, -0.05) is 117 Å². The molecule has 0 atom stereocenters. The Morgan fingerprint density at radius 3 is 1.48 bits per heavy atom. The zero-order chi connectivity index (χ0) is 31.1. The number of hydrogen-bond acceptors (Lipinski definition) is 5. The van der Waals surface area contributed by atoms with Crippen LogP contribution >= 0.6 is 0 Å². The maximum absolute atomic E-state index is 4.97. The fourth-order valence-corrected chi connectivity index (χ4v) is 6.37. The Bertz CT molecular complexity index is 2120. The van der Waals surface area contributed by atoms with Gasteiger partial charge in [0.15, 0.2) is 17.5 Å². The molecule has 1 aliphatic heterocycles. The summed E-state index contributed by atoms with van der Waals surface area (Å²) in [6, 6.07) is 52.0. The third-order valence-corrected chi connectivity index (χ3v) is 8.74. The average molecular weight is 594 g/mol. The Morgan fingerprint density at radius 1 is 0.391 bits per heavy atom. The van der Waals surface area contributed by atoms with E-state index in [1.807, 2.05) is 66.7 Å². The molecule has 0 saturated carbocycles. The lowest BCUT2D eigenvalue weighted by molar-refractivity contribution is 0.632. The van der Waals surface area contributed by atoms with E-state index in [-0.39, 0.29) is 5.41 Å². The lowest BCUT2D eigenvalue weighted by Crippen LogP contribution is -2.30. The van der Waals surface area contributed by atoms with Crippen molar-refractivity contribution in [2.24, 2.45) is 0 Å². The summed E-state index contributed by atoms with van der Waals surface area (Å²) < 4.78 is 0. The van der Waals surface area contributed by atoms with E-state index in [1.54, 1.807) is 0 Å². The molecule has 0 aliphatic carbocycles. The van der Waals surface area contributed by atoms with Gasteiger partial charge >= 0.3 is 0 Å². The predicted octanol–water partition coefficient (Wildman–Crippen LogP) is 10.0. The molecule has 46 heavy (non-hydrogen) atoms. The molecule has 0 bridgehead atoms. The van der Waals surface area contributed by atoms with Crippen molar-refractivity contribution in [1.82, 2.24) is 19.9 Å². The molecule has 1 aliphatic rings. The Kier molecular flexibility index (Phi) is 6.72. The summed E-state index contributed by atoms with van der Waals surface area (Å²) in [6.45, 7) is 4.61. The average Bonchev–Trinajstić information content (AvgIpc) is 3.13. The van der Waals surface area contributed by atoms with Gasteiger partial charge in [0.1, 0.15) is 5.69 Å². The molecule has 2 aromatic heterocycles. The van der Waals surface area contributed by atoms with Crippen molar-refractivity contribution in [2.45, 2.75) is 19.3 Å². The number of anilines is 3. The standard InChI is InChI=1S/C41H31N5/c1-41(2)32-18-9-11-22-36(32)46(37-23-12-10-19-33(37)41)31-26-24-30(25-27-31)39-43-38(29-16-7-4-8-17-29)44-40(45-39)35-21-13-20-34(42-35)28-14-5-3-6-15-28/h3-27H,1-2H3. The summed E-state index contributed by atoms with van der Waals surface area (Å²) in [4.78, 5) is 22.1. The first-order valence-corrected chi connectivity index (χ1v) is 15.5. The van der Waals surface area contributed by atoms with Crippen molar-refractivity contribution in [1.29, 1.82) is 0 Å². The molecule has 5 aromatic carbocycles. The zero-order valence-corrected chi connectivity index (χ0v) is 25.7. The van der Waals surface area contributed by atoms with Crippen LogP contribution in [-0.2, 0) is 5.41 Å². The fraction of sp³-hybridized carbons (Fsp3) is 0.0732. The first-order valence-electron chi connectivity index (χ1n) is 15.5. The largest absolute Gasteiger partial charge is 0.310 e. The number of pyridine rings is 1. The van der Waals surface area contributed by atoms with Crippen LogP contribution in [0.2, 0.25) is 0 Å². The number of para-hydroxylation sites is 2. The molecule has 0 saturated heterocycles. The van der Waals surface area contributed by atoms with Crippen LogP contribution in [0, 0.1) is 0 Å². The SMILES string of the molecule is CC1(C)c2ccccc2N(c2ccc(-c3nc(-c4ccccc4)nc(-c4cccc(-c5ccccc5)n4)n3)cc2)c2ccccc21. The molecule has 220 valence electrons. The van der Waals surface area contributed by atoms with Gasteiger partial charge in [0.25, 0.3) is 0 Å². The molecule has 0 spiro atoms. The van der Waals surface area contributed by atoms with Crippen molar-refractivity contribution in [3.8, 4) is 45.6 Å². The number of benzene rings is 5. The van der Waals surface area contributed by atoms with Gasteiger partial charge in [0.2, 0.25) is 0 Å². The van der Waals surface area contributed by atoms with Gasteiger partial charge in [0, 0.05) is 27.8 Å². The number of hydrogen-bond donors (Lipinski definition) is 0. The van der Waals surface area contributed by atoms with E-state index < -0.39 is 0 Å². The van der Waals surface area contributed by atoms with Crippen molar-refractivity contribution in [3.63, 3.8) is 0 Å². The first kappa shape index (κ1) is 27.6. The maximum Gasteiger partial charge on any atom is 0.182 e. The Labute approximate surface area is 269 Å². The number of aromatic nitrogens is 4. The summed E-state index contributed by atoms with van der Waals surface area (Å²) in [5.74, 6) is 1.74. The number of fused-ring (bicyclic) bond motifs is 2. The van der Waals surface area contributed by atoms with Crippen LogP contribution in [0.15, 0.2) is 152 Å². The van der Waals surface area contributed by atoms with E-state index in [0.717, 1.165) is 28.1 Å². The van der Waals surface area contributed by atoms with Gasteiger partial charge in [-0.2, -0.15) is 0 Å². The lowest BCUT2D eigenvalue weighted by Gasteiger charge is -2.42. The zero-order valence-electron chi connectivity index (χ0n) is 25.7. The Morgan fingerprint density at radius 2 is 0.870 bits per heavy atom. The Hall–Kier alpha value is -5.94. The maximum atomic E-state index is 4.97. The van der Waals surface area contributed by atoms with E-state index in [2.05, 4.69) is 104 Å². The van der Waals surface area contributed by atoms with Gasteiger partial charge in [-0.15, -0.1) is 0 Å². The highest BCUT2D eigenvalue weighted by atomic mass is 15.2. The molecule has 0 unspecified atom stereocenters. The van der Waals surface area contributed by atoms with Crippen molar-refractivity contribution >= 4 is 17.1 Å². The van der Waals surface area contributed by atoms with E-state index in [0.29, 0.717) is 23.2 Å². The van der Waals surface area contributed by atoms with Gasteiger partial charge in [-0.3, -0.25) is 0 Å². The van der Waals surface area contributed by atoms with Crippen LogP contribution in [0.1, 0.15) is 25.0 Å². The highest BCUT2D eigenvalue weighted by molar-refractivity contribution is 5.86. The normalized spacial score (nSPS) is 13.1. The first-order chi connectivity index (χ1) is 22.6. The van der Waals surface area contributed by atoms with Crippen LogP contribution in [0.5, 0.6) is 0 Å². The third kappa shape index (κ3) is 4.83. The quantitative estimate of drug-likeness (QED) is 0.199. The smallest absolute Gasteiger partial charge is 0.182 e. The lowest BCUT2D eigenvalue weighted by atomic mass is 9.73. The molecule has 8 rings (SSSR count). The van der Waals surface area contributed by atoms with E-state index in [1.165, 1.54) is 22.5 Å². The molecule has 0 radical (unpaired) electrons. The van der Waals surface area contributed by atoms with Crippen LogP contribution in [0.3, 0.4) is 0 Å². The topological polar surface area (TPSA) is 54.8 Å². The van der Waals surface area contributed by atoms with Crippen molar-refractivity contribution < 1.29 is 0 Å². The minimum atomic E-state index is -0.107.